The van der Waals surface area contributed by atoms with Gasteiger partial charge in [0.15, 0.2) is 6.10 Å². The summed E-state index contributed by atoms with van der Waals surface area (Å²) < 4.78 is 11.3. The molecule has 1 N–H and O–H groups in total. The predicted molar refractivity (Wildman–Crippen MR) is 135 cm³/mol. The summed E-state index contributed by atoms with van der Waals surface area (Å²) >= 11 is 7.60. The van der Waals surface area contributed by atoms with Gasteiger partial charge in [0.05, 0.1) is 0 Å². The smallest absolute Gasteiger partial charge is 0.408 e. The van der Waals surface area contributed by atoms with E-state index in [9.17, 15) is 14.4 Å². The third-order valence-electron chi connectivity index (χ3n) is 5.50. The molecule has 35 heavy (non-hydrogen) atoms. The number of hydrogen-bond acceptors (Lipinski definition) is 6. The highest BCUT2D eigenvalue weighted by atomic mass is 35.5. The minimum Gasteiger partial charge on any atom is -0.448 e. The van der Waals surface area contributed by atoms with Gasteiger partial charge >= 0.3 is 12.1 Å². The number of nitrogens with zero attached hydrogens (tertiary/aromatic N) is 1. The molecule has 1 fully saturated rings. The van der Waals surface area contributed by atoms with Crippen LogP contribution in [0.2, 0.25) is 0 Å². The van der Waals surface area contributed by atoms with Gasteiger partial charge in [-0.3, -0.25) is 9.69 Å². The van der Waals surface area contributed by atoms with Crippen LogP contribution in [0.1, 0.15) is 38.0 Å². The molecular weight excluding hydrogens is 488 g/mol. The summed E-state index contributed by atoms with van der Waals surface area (Å²) in [4.78, 5) is 40.2. The quantitative estimate of drug-likeness (QED) is 0.344. The van der Waals surface area contributed by atoms with E-state index in [0.717, 1.165) is 11.1 Å². The molecule has 0 radical (unpaired) electrons. The topological polar surface area (TPSA) is 84.9 Å². The molecule has 2 aliphatic rings. The fourth-order valence-electron chi connectivity index (χ4n) is 3.96. The first kappa shape index (κ1) is 25.1. The second-order valence-electron chi connectivity index (χ2n) is 9.23. The number of carbonyl (C=O) groups is 3. The molecule has 2 aromatic rings. The van der Waals surface area contributed by atoms with Crippen LogP contribution in [0, 0.1) is 0 Å². The van der Waals surface area contributed by atoms with Crippen molar-refractivity contribution in [2.24, 2.45) is 0 Å². The maximum absolute atomic E-state index is 13.5. The van der Waals surface area contributed by atoms with Crippen LogP contribution in [0.4, 0.5) is 4.79 Å². The number of esters is 1. The fraction of sp³-hybridized carbons (Fsp3) is 0.346. The van der Waals surface area contributed by atoms with Crippen molar-refractivity contribution in [2.75, 3.05) is 11.6 Å². The van der Waals surface area contributed by atoms with Gasteiger partial charge in [0.25, 0.3) is 5.91 Å². The Labute approximate surface area is 213 Å². The maximum atomic E-state index is 13.5. The monoisotopic (exact) mass is 514 g/mol. The second-order valence-corrected chi connectivity index (χ2v) is 10.6. The van der Waals surface area contributed by atoms with Crippen LogP contribution < -0.4 is 5.32 Å². The number of thioether (sulfide) groups is 1. The van der Waals surface area contributed by atoms with E-state index in [1.165, 1.54) is 16.7 Å². The summed E-state index contributed by atoms with van der Waals surface area (Å²) in [5.74, 6) is -0.512. The van der Waals surface area contributed by atoms with Gasteiger partial charge in [-0.15, -0.1) is 23.4 Å². The molecule has 9 heteroatoms. The van der Waals surface area contributed by atoms with Crippen LogP contribution in [0.15, 0.2) is 71.9 Å². The Morgan fingerprint density at radius 1 is 1.09 bits per heavy atom. The van der Waals surface area contributed by atoms with Gasteiger partial charge in [-0.2, -0.15) is 0 Å². The summed E-state index contributed by atoms with van der Waals surface area (Å²) in [6.45, 7) is 5.24. The number of carbonyl (C=O) groups excluding carboxylic acids is 3. The number of alkyl halides is 1. The van der Waals surface area contributed by atoms with Crippen molar-refractivity contribution in [3.63, 3.8) is 0 Å². The van der Waals surface area contributed by atoms with E-state index in [1.54, 1.807) is 20.8 Å². The summed E-state index contributed by atoms with van der Waals surface area (Å²) in [5, 5.41) is 2.18. The normalized spacial score (nSPS) is 19.7. The van der Waals surface area contributed by atoms with E-state index < -0.39 is 41.1 Å². The van der Waals surface area contributed by atoms with Crippen LogP contribution >= 0.6 is 23.4 Å². The molecule has 1 saturated heterocycles. The van der Waals surface area contributed by atoms with E-state index in [4.69, 9.17) is 21.1 Å². The number of amides is 2. The van der Waals surface area contributed by atoms with E-state index in [2.05, 4.69) is 5.32 Å². The second kappa shape index (κ2) is 10.3. The lowest BCUT2D eigenvalue weighted by atomic mass is 10.0. The number of nitrogens with one attached hydrogen (secondary N) is 1. The van der Waals surface area contributed by atoms with Gasteiger partial charge in [0.2, 0.25) is 0 Å². The number of halogens is 1. The molecule has 1 unspecified atom stereocenters. The van der Waals surface area contributed by atoms with Gasteiger partial charge in [-0.05, 0) is 37.5 Å². The van der Waals surface area contributed by atoms with E-state index in [0.29, 0.717) is 11.3 Å². The van der Waals surface area contributed by atoms with Crippen molar-refractivity contribution < 1.29 is 23.9 Å². The maximum Gasteiger partial charge on any atom is 0.408 e. The zero-order chi connectivity index (χ0) is 25.2. The predicted octanol–water partition coefficient (Wildman–Crippen LogP) is 4.62. The summed E-state index contributed by atoms with van der Waals surface area (Å²) in [6, 6.07) is 18.0. The number of fused-ring (bicyclic) bond motifs is 1. The molecule has 0 bridgehead atoms. The number of rotatable bonds is 6. The van der Waals surface area contributed by atoms with Gasteiger partial charge in [0.1, 0.15) is 22.7 Å². The van der Waals surface area contributed by atoms with Gasteiger partial charge in [-0.1, -0.05) is 60.7 Å². The van der Waals surface area contributed by atoms with Gasteiger partial charge < -0.3 is 14.8 Å². The summed E-state index contributed by atoms with van der Waals surface area (Å²) in [6.07, 6.45) is -1.34. The molecule has 2 heterocycles. The third kappa shape index (κ3) is 5.49. The SMILES string of the molecule is CC(C)(C)OC(=O)NC1C(=O)N2C(C(=O)OC(c3ccccc3)c3ccccc3)=C(CCl)CS[C@H]12. The van der Waals surface area contributed by atoms with Crippen molar-refractivity contribution in [2.45, 2.75) is 43.9 Å². The van der Waals surface area contributed by atoms with Crippen molar-refractivity contribution in [1.82, 2.24) is 10.2 Å². The van der Waals surface area contributed by atoms with Crippen LogP contribution in [0.5, 0.6) is 0 Å². The molecule has 2 aromatic carbocycles. The molecule has 2 atom stereocenters. The largest absolute Gasteiger partial charge is 0.448 e. The fourth-order valence-corrected chi connectivity index (χ4v) is 5.64. The third-order valence-corrected chi connectivity index (χ3v) is 7.17. The van der Waals surface area contributed by atoms with Crippen LogP contribution in [0.25, 0.3) is 0 Å². The molecule has 4 rings (SSSR count). The Bertz CT molecular complexity index is 1090. The number of benzene rings is 2. The van der Waals surface area contributed by atoms with Gasteiger partial charge in [-0.25, -0.2) is 9.59 Å². The van der Waals surface area contributed by atoms with Crippen molar-refractivity contribution in [3.05, 3.63) is 83.1 Å². The van der Waals surface area contributed by atoms with Crippen molar-refractivity contribution in [1.29, 1.82) is 0 Å². The standard InChI is InChI=1S/C26H27ClN2O5S/c1-26(2,3)34-25(32)28-19-22(30)29-20(18(14-27)15-35-23(19)29)24(31)33-21(16-10-6-4-7-11-16)17-12-8-5-9-13-17/h4-13,19,21,23H,14-15H2,1-3H3,(H,28,32)/t19?,23-/m1/s1. The summed E-state index contributed by atoms with van der Waals surface area (Å²) in [5.41, 5.74) is 1.68. The molecule has 0 saturated carbocycles. The molecular formula is C26H27ClN2O5S. The Kier molecular flexibility index (Phi) is 7.42. The molecule has 0 aromatic heterocycles. The molecule has 0 aliphatic carbocycles. The van der Waals surface area contributed by atoms with Crippen molar-refractivity contribution in [3.8, 4) is 0 Å². The van der Waals surface area contributed by atoms with E-state index in [-0.39, 0.29) is 11.6 Å². The first-order valence-corrected chi connectivity index (χ1v) is 12.8. The number of alkyl carbamates (subject to hydrolysis) is 1. The molecule has 0 spiro atoms. The first-order valence-electron chi connectivity index (χ1n) is 11.2. The number of hydrogen-bond donors (Lipinski definition) is 1. The minimum absolute atomic E-state index is 0.0828. The van der Waals surface area contributed by atoms with Crippen LogP contribution in [-0.4, -0.2) is 51.5 Å². The minimum atomic E-state index is -0.798. The average Bonchev–Trinajstić information content (AvgIpc) is 2.84. The first-order chi connectivity index (χ1) is 16.7. The molecule has 2 amide bonds. The van der Waals surface area contributed by atoms with E-state index in [1.807, 2.05) is 60.7 Å². The lowest BCUT2D eigenvalue weighted by molar-refractivity contribution is -0.153. The van der Waals surface area contributed by atoms with Crippen molar-refractivity contribution >= 4 is 41.3 Å². The highest BCUT2D eigenvalue weighted by Gasteiger charge is 2.55. The van der Waals surface area contributed by atoms with Crippen LogP contribution in [0.3, 0.4) is 0 Å². The number of β-lactam (4-membered cyclic amide) rings is 1. The Balaban J connectivity index is 1.57. The highest BCUT2D eigenvalue weighted by molar-refractivity contribution is 8.00. The lowest BCUT2D eigenvalue weighted by Gasteiger charge is -2.49. The van der Waals surface area contributed by atoms with Gasteiger partial charge in [0, 0.05) is 11.6 Å². The summed E-state index contributed by atoms with van der Waals surface area (Å²) in [7, 11) is 0. The Hall–Kier alpha value is -2.97. The molecule has 7 nitrogen and oxygen atoms in total. The average molecular weight is 515 g/mol. The Morgan fingerprint density at radius 2 is 1.66 bits per heavy atom. The van der Waals surface area contributed by atoms with Crippen LogP contribution in [-0.2, 0) is 19.1 Å². The number of ether oxygens (including phenoxy) is 2. The van der Waals surface area contributed by atoms with E-state index >= 15 is 0 Å². The zero-order valence-electron chi connectivity index (χ0n) is 19.7. The molecule has 2 aliphatic heterocycles. The zero-order valence-corrected chi connectivity index (χ0v) is 21.3. The Morgan fingerprint density at radius 3 is 2.17 bits per heavy atom. The lowest BCUT2D eigenvalue weighted by Crippen LogP contribution is -2.70. The highest BCUT2D eigenvalue weighted by Crippen LogP contribution is 2.42. The molecule has 184 valence electrons.